The van der Waals surface area contributed by atoms with E-state index in [1.165, 1.54) is 31.2 Å². The van der Waals surface area contributed by atoms with Crippen LogP contribution in [0.15, 0.2) is 41.2 Å². The third-order valence-electron chi connectivity index (χ3n) is 8.58. The van der Waals surface area contributed by atoms with Crippen molar-refractivity contribution in [1.82, 2.24) is 24.7 Å². The van der Waals surface area contributed by atoms with Crippen molar-refractivity contribution in [2.75, 3.05) is 63.8 Å². The summed E-state index contributed by atoms with van der Waals surface area (Å²) in [4.78, 5) is 42.3. The van der Waals surface area contributed by atoms with Gasteiger partial charge in [-0.05, 0) is 30.7 Å². The molecule has 8 heteroatoms. The fraction of sp³-hybridized carbons (Fsp3) is 0.633. The molecule has 1 saturated carbocycles. The fourth-order valence-corrected chi connectivity index (χ4v) is 6.22. The van der Waals surface area contributed by atoms with Crippen LogP contribution in [0.1, 0.15) is 56.2 Å². The van der Waals surface area contributed by atoms with Gasteiger partial charge in [-0.1, -0.05) is 56.0 Å². The van der Waals surface area contributed by atoms with Gasteiger partial charge in [-0.2, -0.15) is 0 Å². The number of piperazine rings is 1. The van der Waals surface area contributed by atoms with Gasteiger partial charge < -0.3 is 14.7 Å². The molecule has 1 N–H and O–H groups in total. The van der Waals surface area contributed by atoms with Crippen LogP contribution in [0.5, 0.6) is 0 Å². The van der Waals surface area contributed by atoms with Crippen LogP contribution in [-0.2, 0) is 17.8 Å². The summed E-state index contributed by atoms with van der Waals surface area (Å²) in [7, 11) is 0. The second kappa shape index (κ2) is 13.4. The van der Waals surface area contributed by atoms with Crippen molar-refractivity contribution in [3.63, 3.8) is 0 Å². The standard InChI is InChI=1S/C30H44N6O2/c37-28-23-27(24-34-19-17-33(18-20-34)16-13-26-7-2-1-3-8-26)31-30(32-28)36-15-6-14-35(21-22-36)29(38)12-11-25-9-4-5-10-25/h1-3,7-8,23,25H,4-6,9-22,24H2,(H,31,32,37). The first kappa shape index (κ1) is 26.9. The predicted octanol–water partition coefficient (Wildman–Crippen LogP) is 3.14. The number of H-pyrrole nitrogens is 1. The Bertz CT molecular complexity index is 1080. The molecule has 3 heterocycles. The maximum absolute atomic E-state index is 12.8. The molecule has 1 amide bonds. The van der Waals surface area contributed by atoms with Gasteiger partial charge in [0.15, 0.2) is 0 Å². The molecule has 2 saturated heterocycles. The van der Waals surface area contributed by atoms with E-state index in [9.17, 15) is 9.59 Å². The molecule has 8 nitrogen and oxygen atoms in total. The van der Waals surface area contributed by atoms with Gasteiger partial charge in [0.1, 0.15) is 0 Å². The topological polar surface area (TPSA) is 75.8 Å². The molecule has 0 radical (unpaired) electrons. The number of rotatable bonds is 9. The van der Waals surface area contributed by atoms with Crippen molar-refractivity contribution >= 4 is 11.9 Å². The van der Waals surface area contributed by atoms with Gasteiger partial charge in [-0.15, -0.1) is 0 Å². The average Bonchev–Trinajstić information content (AvgIpc) is 3.34. The number of nitrogens with zero attached hydrogens (tertiary/aromatic N) is 5. The van der Waals surface area contributed by atoms with Crippen LogP contribution < -0.4 is 10.5 Å². The van der Waals surface area contributed by atoms with Crippen LogP contribution >= 0.6 is 0 Å². The third kappa shape index (κ3) is 7.67. The average molecular weight is 521 g/mol. The summed E-state index contributed by atoms with van der Waals surface area (Å²) in [6, 6.07) is 12.3. The molecule has 2 aromatic rings. The van der Waals surface area contributed by atoms with Gasteiger partial charge in [-0.25, -0.2) is 4.98 Å². The van der Waals surface area contributed by atoms with E-state index in [2.05, 4.69) is 50.0 Å². The lowest BCUT2D eigenvalue weighted by atomic mass is 10.0. The minimum absolute atomic E-state index is 0.0970. The Morgan fingerprint density at radius 1 is 0.895 bits per heavy atom. The minimum Gasteiger partial charge on any atom is -0.341 e. The number of nitrogens with one attached hydrogen (secondary N) is 1. The molecule has 2 aliphatic heterocycles. The number of amides is 1. The van der Waals surface area contributed by atoms with Crippen LogP contribution in [0.2, 0.25) is 0 Å². The Morgan fingerprint density at radius 3 is 2.45 bits per heavy atom. The molecule has 3 fully saturated rings. The Hall–Kier alpha value is -2.71. The highest BCUT2D eigenvalue weighted by Crippen LogP contribution is 2.28. The van der Waals surface area contributed by atoms with Gasteiger partial charge in [0, 0.05) is 77.9 Å². The molecule has 206 valence electrons. The summed E-state index contributed by atoms with van der Waals surface area (Å²) in [5, 5.41) is 0. The summed E-state index contributed by atoms with van der Waals surface area (Å²) in [5.74, 6) is 1.68. The highest BCUT2D eigenvalue weighted by Gasteiger charge is 2.23. The molecule has 5 rings (SSSR count). The third-order valence-corrected chi connectivity index (χ3v) is 8.58. The lowest BCUT2D eigenvalue weighted by molar-refractivity contribution is -0.131. The van der Waals surface area contributed by atoms with E-state index in [1.54, 1.807) is 6.07 Å². The van der Waals surface area contributed by atoms with Crippen LogP contribution in [0, 0.1) is 5.92 Å². The zero-order chi connectivity index (χ0) is 26.2. The number of aromatic amines is 1. The second-order valence-corrected chi connectivity index (χ2v) is 11.3. The van der Waals surface area contributed by atoms with E-state index in [1.807, 2.05) is 4.90 Å². The van der Waals surface area contributed by atoms with E-state index < -0.39 is 0 Å². The summed E-state index contributed by atoms with van der Waals surface area (Å²) < 4.78 is 0. The molecule has 3 aliphatic rings. The van der Waals surface area contributed by atoms with E-state index in [0.717, 1.165) is 76.7 Å². The second-order valence-electron chi connectivity index (χ2n) is 11.3. The summed E-state index contributed by atoms with van der Waals surface area (Å²) in [6.45, 7) is 8.84. The largest absolute Gasteiger partial charge is 0.341 e. The monoisotopic (exact) mass is 520 g/mol. The zero-order valence-corrected chi connectivity index (χ0v) is 22.8. The first-order chi connectivity index (χ1) is 18.6. The Labute approximate surface area is 227 Å². The van der Waals surface area contributed by atoms with Crippen molar-refractivity contribution in [2.45, 2.75) is 57.9 Å². The Morgan fingerprint density at radius 2 is 1.66 bits per heavy atom. The van der Waals surface area contributed by atoms with Crippen LogP contribution in [-0.4, -0.2) is 89.5 Å². The van der Waals surface area contributed by atoms with E-state index in [-0.39, 0.29) is 11.5 Å². The maximum Gasteiger partial charge on any atom is 0.252 e. The van der Waals surface area contributed by atoms with Crippen LogP contribution in [0.4, 0.5) is 5.95 Å². The van der Waals surface area contributed by atoms with Crippen molar-refractivity contribution in [3.8, 4) is 0 Å². The quantitative estimate of drug-likeness (QED) is 0.548. The van der Waals surface area contributed by atoms with Gasteiger partial charge in [-0.3, -0.25) is 19.5 Å². The molecule has 1 aromatic heterocycles. The van der Waals surface area contributed by atoms with E-state index in [4.69, 9.17) is 4.98 Å². The minimum atomic E-state index is -0.0970. The fourth-order valence-electron chi connectivity index (χ4n) is 6.22. The molecule has 1 aromatic carbocycles. The maximum atomic E-state index is 12.8. The first-order valence-corrected chi connectivity index (χ1v) is 14.7. The molecular formula is C30H44N6O2. The summed E-state index contributed by atoms with van der Waals surface area (Å²) in [6.07, 6.45) is 8.93. The van der Waals surface area contributed by atoms with Crippen molar-refractivity contribution in [1.29, 1.82) is 0 Å². The molecular weight excluding hydrogens is 476 g/mol. The molecule has 1 aliphatic carbocycles. The number of anilines is 1. The van der Waals surface area contributed by atoms with Crippen LogP contribution in [0.3, 0.4) is 0 Å². The van der Waals surface area contributed by atoms with Gasteiger partial charge in [0.2, 0.25) is 11.9 Å². The smallest absolute Gasteiger partial charge is 0.252 e. The lowest BCUT2D eigenvalue weighted by Crippen LogP contribution is -2.46. The number of aromatic nitrogens is 2. The van der Waals surface area contributed by atoms with Gasteiger partial charge >= 0.3 is 0 Å². The molecule has 0 bridgehead atoms. The number of benzene rings is 1. The Balaban J connectivity index is 1.09. The molecule has 0 atom stereocenters. The Kier molecular flexibility index (Phi) is 9.47. The summed E-state index contributed by atoms with van der Waals surface area (Å²) >= 11 is 0. The SMILES string of the molecule is O=C(CCC1CCCC1)N1CCCN(c2nc(CN3CCN(CCc4ccccc4)CC3)cc(=O)[nH]2)CC1. The van der Waals surface area contributed by atoms with Crippen molar-refractivity contribution in [3.05, 3.63) is 58.0 Å². The number of carbonyl (C=O) groups excluding carboxylic acids is 1. The van der Waals surface area contributed by atoms with E-state index >= 15 is 0 Å². The summed E-state index contributed by atoms with van der Waals surface area (Å²) in [5.41, 5.74) is 2.12. The van der Waals surface area contributed by atoms with Gasteiger partial charge in [0.25, 0.3) is 5.56 Å². The highest BCUT2D eigenvalue weighted by molar-refractivity contribution is 5.76. The first-order valence-electron chi connectivity index (χ1n) is 14.7. The number of hydrogen-bond acceptors (Lipinski definition) is 6. The van der Waals surface area contributed by atoms with Gasteiger partial charge in [0.05, 0.1) is 5.69 Å². The predicted molar refractivity (Wildman–Crippen MR) is 151 cm³/mol. The normalized spacial score (nSPS) is 20.1. The van der Waals surface area contributed by atoms with Crippen molar-refractivity contribution < 1.29 is 4.79 Å². The molecule has 0 spiro atoms. The zero-order valence-electron chi connectivity index (χ0n) is 22.8. The van der Waals surface area contributed by atoms with E-state index in [0.29, 0.717) is 32.0 Å². The highest BCUT2D eigenvalue weighted by atomic mass is 16.2. The van der Waals surface area contributed by atoms with Crippen molar-refractivity contribution in [2.24, 2.45) is 5.92 Å². The number of hydrogen-bond donors (Lipinski definition) is 1. The molecule has 0 unspecified atom stereocenters. The molecule has 38 heavy (non-hydrogen) atoms. The lowest BCUT2D eigenvalue weighted by Gasteiger charge is -2.34. The number of carbonyl (C=O) groups is 1. The van der Waals surface area contributed by atoms with Crippen LogP contribution in [0.25, 0.3) is 0 Å².